The summed E-state index contributed by atoms with van der Waals surface area (Å²) in [6, 6.07) is 11.5. The molecule has 0 radical (unpaired) electrons. The van der Waals surface area contributed by atoms with Gasteiger partial charge in [-0.2, -0.15) is 5.26 Å². The number of benzene rings is 1. The molecule has 2 rings (SSSR count). The zero-order valence-corrected chi connectivity index (χ0v) is 9.31. The number of anilines is 2. The van der Waals surface area contributed by atoms with Gasteiger partial charge >= 0.3 is 0 Å². The Balaban J connectivity index is 2.59. The Morgan fingerprint density at radius 1 is 1.24 bits per heavy atom. The average molecular weight is 225 g/mol. The van der Waals surface area contributed by atoms with E-state index in [1.165, 1.54) is 0 Å². The van der Waals surface area contributed by atoms with Crippen LogP contribution in [0.15, 0.2) is 30.3 Å². The maximum atomic E-state index is 8.94. The minimum absolute atomic E-state index is 0.186. The molecule has 0 bridgehead atoms. The van der Waals surface area contributed by atoms with Gasteiger partial charge in [0.25, 0.3) is 0 Å². The highest BCUT2D eigenvalue weighted by atomic mass is 15.0. The molecule has 0 saturated carbocycles. The zero-order valence-electron chi connectivity index (χ0n) is 9.31. The Hall–Kier alpha value is -2.61. The van der Waals surface area contributed by atoms with E-state index in [0.29, 0.717) is 11.6 Å². The third-order valence-electron chi connectivity index (χ3n) is 2.32. The van der Waals surface area contributed by atoms with Crippen LogP contribution in [0.5, 0.6) is 0 Å². The molecule has 0 aliphatic heterocycles. The molecule has 0 unspecified atom stereocenters. The summed E-state index contributed by atoms with van der Waals surface area (Å²) in [6.07, 6.45) is 0. The number of hydrogen-bond acceptors (Lipinski definition) is 5. The molecule has 5 heteroatoms. The lowest BCUT2D eigenvalue weighted by Gasteiger charge is -2.07. The van der Waals surface area contributed by atoms with Crippen LogP contribution in [0.2, 0.25) is 0 Å². The maximum absolute atomic E-state index is 8.94. The fraction of sp³-hybridized carbons (Fsp3) is 0.0833. The average Bonchev–Trinajstić information content (AvgIpc) is 2.38. The molecular formula is C12H11N5. The quantitative estimate of drug-likeness (QED) is 0.811. The Morgan fingerprint density at radius 2 is 1.94 bits per heavy atom. The number of nitrogens with two attached hydrogens (primary N) is 1. The van der Waals surface area contributed by atoms with E-state index < -0.39 is 0 Å². The molecule has 2 aromatic rings. The zero-order chi connectivity index (χ0) is 12.3. The van der Waals surface area contributed by atoms with Gasteiger partial charge in [0.05, 0.1) is 0 Å². The first kappa shape index (κ1) is 10.9. The van der Waals surface area contributed by atoms with Gasteiger partial charge in [-0.05, 0) is 0 Å². The number of hydrogen-bond donors (Lipinski definition) is 2. The van der Waals surface area contributed by atoms with Gasteiger partial charge in [0.2, 0.25) is 0 Å². The molecule has 0 aliphatic rings. The summed E-state index contributed by atoms with van der Waals surface area (Å²) in [6.45, 7) is 0. The van der Waals surface area contributed by atoms with Crippen molar-refractivity contribution in [3.8, 4) is 17.5 Å². The molecular weight excluding hydrogens is 214 g/mol. The first-order valence-corrected chi connectivity index (χ1v) is 5.07. The molecule has 1 aromatic carbocycles. The van der Waals surface area contributed by atoms with Crippen LogP contribution in [0.3, 0.4) is 0 Å². The SMILES string of the molecule is CNc1nc(-c2ccccc2)nc(N)c1C#N. The van der Waals surface area contributed by atoms with E-state index in [9.17, 15) is 0 Å². The summed E-state index contributed by atoms with van der Waals surface area (Å²) < 4.78 is 0. The highest BCUT2D eigenvalue weighted by molar-refractivity contribution is 5.68. The lowest BCUT2D eigenvalue weighted by atomic mass is 10.2. The Bertz CT molecular complexity index is 571. The Kier molecular flexibility index (Phi) is 2.88. The van der Waals surface area contributed by atoms with Crippen LogP contribution in [0.4, 0.5) is 11.6 Å². The summed E-state index contributed by atoms with van der Waals surface area (Å²) in [7, 11) is 1.69. The van der Waals surface area contributed by atoms with Gasteiger partial charge in [-0.15, -0.1) is 0 Å². The molecule has 0 atom stereocenters. The van der Waals surface area contributed by atoms with Crippen LogP contribution >= 0.6 is 0 Å². The van der Waals surface area contributed by atoms with E-state index in [0.717, 1.165) is 5.56 Å². The van der Waals surface area contributed by atoms with E-state index in [4.69, 9.17) is 11.0 Å². The van der Waals surface area contributed by atoms with Crippen LogP contribution in [-0.2, 0) is 0 Å². The van der Waals surface area contributed by atoms with Gasteiger partial charge in [0.15, 0.2) is 5.82 Å². The summed E-state index contributed by atoms with van der Waals surface area (Å²) >= 11 is 0. The molecule has 1 heterocycles. The van der Waals surface area contributed by atoms with E-state index in [2.05, 4.69) is 15.3 Å². The van der Waals surface area contributed by atoms with Crippen molar-refractivity contribution in [3.63, 3.8) is 0 Å². The number of nitrogen functional groups attached to an aromatic ring is 1. The fourth-order valence-electron chi connectivity index (χ4n) is 1.49. The molecule has 3 N–H and O–H groups in total. The van der Waals surface area contributed by atoms with E-state index in [-0.39, 0.29) is 11.4 Å². The largest absolute Gasteiger partial charge is 0.382 e. The van der Waals surface area contributed by atoms with E-state index in [1.807, 2.05) is 36.4 Å². The van der Waals surface area contributed by atoms with Crippen LogP contribution in [0, 0.1) is 11.3 Å². The standard InChI is InChI=1S/C12H11N5/c1-15-12-9(7-13)10(14)16-11(17-12)8-5-3-2-4-6-8/h2-6H,1H3,(H3,14,15,16,17). The van der Waals surface area contributed by atoms with Crippen LogP contribution in [0.25, 0.3) is 11.4 Å². The summed E-state index contributed by atoms with van der Waals surface area (Å²) in [5.41, 5.74) is 6.86. The number of rotatable bonds is 2. The molecule has 0 fully saturated rings. The smallest absolute Gasteiger partial charge is 0.163 e. The molecule has 5 nitrogen and oxygen atoms in total. The van der Waals surface area contributed by atoms with Crippen molar-refractivity contribution < 1.29 is 0 Å². The lowest BCUT2D eigenvalue weighted by Crippen LogP contribution is -2.05. The summed E-state index contributed by atoms with van der Waals surface area (Å²) in [5.74, 6) is 1.14. The third-order valence-corrected chi connectivity index (χ3v) is 2.32. The van der Waals surface area contributed by atoms with Gasteiger partial charge in [-0.25, -0.2) is 9.97 Å². The monoisotopic (exact) mass is 225 g/mol. The van der Waals surface area contributed by atoms with Crippen molar-refractivity contribution in [2.24, 2.45) is 0 Å². The minimum Gasteiger partial charge on any atom is -0.382 e. The normalized spacial score (nSPS) is 9.65. The van der Waals surface area contributed by atoms with Gasteiger partial charge in [-0.1, -0.05) is 30.3 Å². The molecule has 0 spiro atoms. The van der Waals surface area contributed by atoms with Gasteiger partial charge in [0.1, 0.15) is 23.3 Å². The highest BCUT2D eigenvalue weighted by Crippen LogP contribution is 2.22. The van der Waals surface area contributed by atoms with E-state index >= 15 is 0 Å². The first-order chi connectivity index (χ1) is 8.26. The van der Waals surface area contributed by atoms with Gasteiger partial charge < -0.3 is 11.1 Å². The van der Waals surface area contributed by atoms with Crippen molar-refractivity contribution in [2.45, 2.75) is 0 Å². The third kappa shape index (κ3) is 2.01. The molecule has 1 aromatic heterocycles. The first-order valence-electron chi connectivity index (χ1n) is 5.07. The van der Waals surface area contributed by atoms with Crippen molar-refractivity contribution in [2.75, 3.05) is 18.1 Å². The second-order valence-corrected chi connectivity index (χ2v) is 3.38. The minimum atomic E-state index is 0.186. The summed E-state index contributed by atoms with van der Waals surface area (Å²) in [5, 5.41) is 11.8. The summed E-state index contributed by atoms with van der Waals surface area (Å²) in [4.78, 5) is 8.40. The van der Waals surface area contributed by atoms with Crippen LogP contribution < -0.4 is 11.1 Å². The van der Waals surface area contributed by atoms with Crippen LogP contribution in [0.1, 0.15) is 5.56 Å². The highest BCUT2D eigenvalue weighted by Gasteiger charge is 2.11. The van der Waals surface area contributed by atoms with Crippen molar-refractivity contribution in [1.29, 1.82) is 5.26 Å². The lowest BCUT2D eigenvalue weighted by molar-refractivity contribution is 1.16. The molecule has 17 heavy (non-hydrogen) atoms. The molecule has 0 amide bonds. The van der Waals surface area contributed by atoms with Crippen molar-refractivity contribution >= 4 is 11.6 Å². The number of nitriles is 1. The topological polar surface area (TPSA) is 87.6 Å². The number of nitrogens with zero attached hydrogens (tertiary/aromatic N) is 3. The predicted octanol–water partition coefficient (Wildman–Crippen LogP) is 1.64. The number of aromatic nitrogens is 2. The number of nitrogens with one attached hydrogen (secondary N) is 1. The molecule has 84 valence electrons. The molecule has 0 aliphatic carbocycles. The predicted molar refractivity (Wildman–Crippen MR) is 66.1 cm³/mol. The van der Waals surface area contributed by atoms with Crippen molar-refractivity contribution in [3.05, 3.63) is 35.9 Å². The second kappa shape index (κ2) is 4.49. The maximum Gasteiger partial charge on any atom is 0.163 e. The Labute approximate surface area is 98.9 Å². The van der Waals surface area contributed by atoms with Gasteiger partial charge in [0, 0.05) is 12.6 Å². The second-order valence-electron chi connectivity index (χ2n) is 3.38. The van der Waals surface area contributed by atoms with Crippen molar-refractivity contribution in [1.82, 2.24) is 9.97 Å². The van der Waals surface area contributed by atoms with E-state index in [1.54, 1.807) is 7.05 Å². The van der Waals surface area contributed by atoms with Crippen LogP contribution in [-0.4, -0.2) is 17.0 Å². The van der Waals surface area contributed by atoms with Gasteiger partial charge in [-0.3, -0.25) is 0 Å². The fourth-order valence-corrected chi connectivity index (χ4v) is 1.49. The Morgan fingerprint density at radius 3 is 2.53 bits per heavy atom. The molecule has 0 saturated heterocycles.